The van der Waals surface area contributed by atoms with E-state index in [1.54, 1.807) is 0 Å². The Morgan fingerprint density at radius 2 is 1.67 bits per heavy atom. The van der Waals surface area contributed by atoms with Gasteiger partial charge in [0.1, 0.15) is 0 Å². The van der Waals surface area contributed by atoms with Crippen LogP contribution in [0.2, 0.25) is 0 Å². The maximum absolute atomic E-state index is 12.8. The highest BCUT2D eigenvalue weighted by atomic mass is 16.2. The Morgan fingerprint density at radius 1 is 1.06 bits per heavy atom. The lowest BCUT2D eigenvalue weighted by atomic mass is 10.1. The molecule has 0 atom stereocenters. The van der Waals surface area contributed by atoms with Crippen molar-refractivity contribution in [1.29, 1.82) is 0 Å². The van der Waals surface area contributed by atoms with Gasteiger partial charge >= 0.3 is 0 Å². The van der Waals surface area contributed by atoms with Crippen LogP contribution in [0.5, 0.6) is 0 Å². The standard InChI is InChI=1S/C16H21NO/c1-12-6-2-5-9-15(12)16(18)17(14-10-11-14)13-7-3-4-8-13/h2,5-6,9,13-14H,3-4,7-8,10-11H2,1H3. The van der Waals surface area contributed by atoms with E-state index in [-0.39, 0.29) is 5.91 Å². The van der Waals surface area contributed by atoms with E-state index in [9.17, 15) is 4.79 Å². The van der Waals surface area contributed by atoms with Crippen molar-refractivity contribution in [2.75, 3.05) is 0 Å². The van der Waals surface area contributed by atoms with Crippen LogP contribution in [0, 0.1) is 6.92 Å². The fourth-order valence-corrected chi connectivity index (χ4v) is 3.12. The first-order valence-corrected chi connectivity index (χ1v) is 7.15. The smallest absolute Gasteiger partial charge is 0.254 e. The first-order chi connectivity index (χ1) is 8.77. The Morgan fingerprint density at radius 3 is 2.28 bits per heavy atom. The molecule has 0 radical (unpaired) electrons. The second kappa shape index (κ2) is 4.75. The summed E-state index contributed by atoms with van der Waals surface area (Å²) < 4.78 is 0. The van der Waals surface area contributed by atoms with Crippen LogP contribution in [0.15, 0.2) is 24.3 Å². The van der Waals surface area contributed by atoms with Crippen LogP contribution in [0.3, 0.4) is 0 Å². The molecule has 0 heterocycles. The molecule has 1 amide bonds. The van der Waals surface area contributed by atoms with Crippen LogP contribution < -0.4 is 0 Å². The molecule has 2 nitrogen and oxygen atoms in total. The van der Waals surface area contributed by atoms with Crippen molar-refractivity contribution in [1.82, 2.24) is 4.90 Å². The highest BCUT2D eigenvalue weighted by Gasteiger charge is 2.38. The highest BCUT2D eigenvalue weighted by Crippen LogP contribution is 2.35. The topological polar surface area (TPSA) is 20.3 Å². The van der Waals surface area contributed by atoms with Crippen LogP contribution in [0.4, 0.5) is 0 Å². The van der Waals surface area contributed by atoms with Gasteiger partial charge in [-0.05, 0) is 44.2 Å². The van der Waals surface area contributed by atoms with E-state index in [4.69, 9.17) is 0 Å². The number of aryl methyl sites for hydroxylation is 1. The van der Waals surface area contributed by atoms with Crippen molar-refractivity contribution in [3.8, 4) is 0 Å². The minimum Gasteiger partial charge on any atom is -0.333 e. The third kappa shape index (κ3) is 2.16. The largest absolute Gasteiger partial charge is 0.333 e. The molecule has 0 aliphatic heterocycles. The zero-order chi connectivity index (χ0) is 12.5. The molecule has 1 aromatic rings. The summed E-state index contributed by atoms with van der Waals surface area (Å²) in [5.74, 6) is 0.266. The van der Waals surface area contributed by atoms with Crippen molar-refractivity contribution in [2.45, 2.75) is 57.5 Å². The fourth-order valence-electron chi connectivity index (χ4n) is 3.12. The third-order valence-electron chi connectivity index (χ3n) is 4.27. The summed E-state index contributed by atoms with van der Waals surface area (Å²) in [6, 6.07) is 9.02. The number of amides is 1. The molecular weight excluding hydrogens is 222 g/mol. The molecule has 1 aromatic carbocycles. The molecule has 18 heavy (non-hydrogen) atoms. The summed E-state index contributed by atoms with van der Waals surface area (Å²) in [5.41, 5.74) is 2.00. The predicted octanol–water partition coefficient (Wildman–Crippen LogP) is 3.54. The van der Waals surface area contributed by atoms with Crippen molar-refractivity contribution < 1.29 is 4.79 Å². The molecular formula is C16H21NO. The second-order valence-electron chi connectivity index (χ2n) is 5.70. The van der Waals surface area contributed by atoms with E-state index in [1.165, 1.54) is 38.5 Å². The monoisotopic (exact) mass is 243 g/mol. The molecule has 2 fully saturated rings. The van der Waals surface area contributed by atoms with Gasteiger partial charge in [-0.2, -0.15) is 0 Å². The molecule has 0 aromatic heterocycles. The molecule has 0 spiro atoms. The van der Waals surface area contributed by atoms with Gasteiger partial charge in [0.05, 0.1) is 0 Å². The Kier molecular flexibility index (Phi) is 3.11. The molecule has 2 aliphatic carbocycles. The average molecular weight is 243 g/mol. The van der Waals surface area contributed by atoms with Gasteiger partial charge in [0, 0.05) is 17.6 Å². The zero-order valence-corrected chi connectivity index (χ0v) is 11.1. The van der Waals surface area contributed by atoms with E-state index >= 15 is 0 Å². The maximum Gasteiger partial charge on any atom is 0.254 e. The van der Waals surface area contributed by atoms with E-state index in [0.29, 0.717) is 12.1 Å². The van der Waals surface area contributed by atoms with Crippen LogP contribution in [0.1, 0.15) is 54.4 Å². The fraction of sp³-hybridized carbons (Fsp3) is 0.562. The first-order valence-electron chi connectivity index (χ1n) is 7.15. The minimum absolute atomic E-state index is 0.266. The average Bonchev–Trinajstić information content (AvgIpc) is 3.05. The van der Waals surface area contributed by atoms with Crippen LogP contribution >= 0.6 is 0 Å². The SMILES string of the molecule is Cc1ccccc1C(=O)N(C1CCCC1)C1CC1. The summed E-state index contributed by atoms with van der Waals surface area (Å²) >= 11 is 0. The Hall–Kier alpha value is -1.31. The Bertz CT molecular complexity index is 444. The molecule has 0 unspecified atom stereocenters. The summed E-state index contributed by atoms with van der Waals surface area (Å²) in [6.07, 6.45) is 7.38. The molecule has 3 rings (SSSR count). The summed E-state index contributed by atoms with van der Waals surface area (Å²) in [7, 11) is 0. The molecule has 0 saturated heterocycles. The van der Waals surface area contributed by atoms with Gasteiger partial charge in [-0.3, -0.25) is 4.79 Å². The van der Waals surface area contributed by atoms with Crippen LogP contribution in [0.25, 0.3) is 0 Å². The Labute approximate surface area is 109 Å². The lowest BCUT2D eigenvalue weighted by Gasteiger charge is -2.29. The molecule has 2 heteroatoms. The molecule has 0 N–H and O–H groups in total. The maximum atomic E-state index is 12.8. The molecule has 0 bridgehead atoms. The molecule has 2 saturated carbocycles. The number of carbonyl (C=O) groups excluding carboxylic acids is 1. The predicted molar refractivity (Wildman–Crippen MR) is 72.6 cm³/mol. The van der Waals surface area contributed by atoms with Crippen LogP contribution in [-0.2, 0) is 0 Å². The normalized spacial score (nSPS) is 20.1. The molecule has 2 aliphatic rings. The molecule has 96 valence electrons. The van der Waals surface area contributed by atoms with Gasteiger partial charge in [-0.15, -0.1) is 0 Å². The van der Waals surface area contributed by atoms with Gasteiger partial charge < -0.3 is 4.90 Å². The van der Waals surface area contributed by atoms with Gasteiger partial charge in [-0.25, -0.2) is 0 Å². The van der Waals surface area contributed by atoms with Crippen molar-refractivity contribution >= 4 is 5.91 Å². The highest BCUT2D eigenvalue weighted by molar-refractivity contribution is 5.96. The number of rotatable bonds is 3. The van der Waals surface area contributed by atoms with Crippen molar-refractivity contribution in [3.63, 3.8) is 0 Å². The van der Waals surface area contributed by atoms with E-state index in [1.807, 2.05) is 31.2 Å². The van der Waals surface area contributed by atoms with Crippen LogP contribution in [-0.4, -0.2) is 22.9 Å². The number of benzene rings is 1. The summed E-state index contributed by atoms with van der Waals surface area (Å²) in [5, 5.41) is 0. The van der Waals surface area contributed by atoms with Gasteiger partial charge in [0.2, 0.25) is 0 Å². The number of carbonyl (C=O) groups is 1. The van der Waals surface area contributed by atoms with Gasteiger partial charge in [-0.1, -0.05) is 31.0 Å². The first kappa shape index (κ1) is 11.8. The number of hydrogen-bond donors (Lipinski definition) is 0. The minimum atomic E-state index is 0.266. The second-order valence-corrected chi connectivity index (χ2v) is 5.70. The Balaban J connectivity index is 1.86. The van der Waals surface area contributed by atoms with E-state index in [2.05, 4.69) is 4.90 Å². The number of nitrogens with zero attached hydrogens (tertiary/aromatic N) is 1. The van der Waals surface area contributed by atoms with Crippen molar-refractivity contribution in [2.24, 2.45) is 0 Å². The van der Waals surface area contributed by atoms with Gasteiger partial charge in [0.25, 0.3) is 5.91 Å². The number of hydrogen-bond acceptors (Lipinski definition) is 1. The summed E-state index contributed by atoms with van der Waals surface area (Å²) in [6.45, 7) is 2.03. The summed E-state index contributed by atoms with van der Waals surface area (Å²) in [4.78, 5) is 15.0. The zero-order valence-electron chi connectivity index (χ0n) is 11.1. The quantitative estimate of drug-likeness (QED) is 0.795. The van der Waals surface area contributed by atoms with Gasteiger partial charge in [0.15, 0.2) is 0 Å². The lowest BCUT2D eigenvalue weighted by molar-refractivity contribution is 0.0663. The lowest BCUT2D eigenvalue weighted by Crippen LogP contribution is -2.40. The van der Waals surface area contributed by atoms with Crippen molar-refractivity contribution in [3.05, 3.63) is 35.4 Å². The van der Waals surface area contributed by atoms with E-state index < -0.39 is 0 Å². The van der Waals surface area contributed by atoms with E-state index in [0.717, 1.165) is 11.1 Å². The third-order valence-corrected chi connectivity index (χ3v) is 4.27.